The zero-order valence-electron chi connectivity index (χ0n) is 20.4. The van der Waals surface area contributed by atoms with E-state index in [4.69, 9.17) is 14.2 Å². The number of halogens is 1. The van der Waals surface area contributed by atoms with Crippen LogP contribution >= 0.6 is 11.8 Å². The van der Waals surface area contributed by atoms with E-state index in [0.29, 0.717) is 36.9 Å². The minimum absolute atomic E-state index is 0.294. The van der Waals surface area contributed by atoms with E-state index in [9.17, 15) is 14.0 Å². The average molecular weight is 512 g/mol. The Balaban J connectivity index is 1.46. The first kappa shape index (κ1) is 27.1. The Kier molecular flexibility index (Phi) is 10.2. The largest absolute Gasteiger partial charge is 0.494 e. The maximum absolute atomic E-state index is 13.1. The fourth-order valence-electron chi connectivity index (χ4n) is 3.41. The molecule has 1 heterocycles. The van der Waals surface area contributed by atoms with Gasteiger partial charge in [0.05, 0.1) is 13.2 Å². The number of hydrogen-bond donors (Lipinski definition) is 1. The van der Waals surface area contributed by atoms with Crippen molar-refractivity contribution >= 4 is 22.9 Å². The predicted molar refractivity (Wildman–Crippen MR) is 139 cm³/mol. The zero-order valence-corrected chi connectivity index (χ0v) is 21.2. The van der Waals surface area contributed by atoms with Crippen molar-refractivity contribution in [2.75, 3.05) is 13.2 Å². The van der Waals surface area contributed by atoms with Gasteiger partial charge in [-0.15, -0.1) is 0 Å². The quantitative estimate of drug-likeness (QED) is 0.180. The monoisotopic (exact) mass is 511 g/mol. The van der Waals surface area contributed by atoms with Crippen LogP contribution in [-0.4, -0.2) is 24.4 Å². The molecule has 3 rings (SSSR count). The molecule has 190 valence electrons. The summed E-state index contributed by atoms with van der Waals surface area (Å²) in [7, 11) is 0. The van der Waals surface area contributed by atoms with Crippen LogP contribution < -0.4 is 14.8 Å². The number of allylic oxidation sites excluding steroid dienone is 3. The molecule has 0 aliphatic carbocycles. The molecule has 2 amide bonds. The molecule has 0 radical (unpaired) electrons. The Morgan fingerprint density at radius 3 is 2.39 bits per heavy atom. The molecule has 1 aliphatic rings. The van der Waals surface area contributed by atoms with Crippen LogP contribution in [0.5, 0.6) is 11.5 Å². The highest BCUT2D eigenvalue weighted by molar-refractivity contribution is 8.15. The van der Waals surface area contributed by atoms with Crippen molar-refractivity contribution < 1.29 is 28.2 Å². The molecule has 0 bridgehead atoms. The van der Waals surface area contributed by atoms with Gasteiger partial charge in [0, 0.05) is 6.42 Å². The maximum Gasteiger partial charge on any atom is 0.286 e. The van der Waals surface area contributed by atoms with Crippen LogP contribution in [0, 0.1) is 5.82 Å². The lowest BCUT2D eigenvalue weighted by atomic mass is 10.1. The van der Waals surface area contributed by atoms with E-state index < -0.39 is 5.25 Å². The molecular formula is C28H30FNO5S. The maximum atomic E-state index is 13.1. The van der Waals surface area contributed by atoms with E-state index >= 15 is 0 Å². The number of ether oxygens (including phenoxy) is 3. The van der Waals surface area contributed by atoms with Crippen LogP contribution in [0.4, 0.5) is 9.18 Å². The SMILES string of the molecule is C=C(/C=C\C(OCCCOc1ccc(C2SC(=O)NC2=O)cc1)=C(/C)CCC)Oc1ccc(F)cc1. The molecule has 36 heavy (non-hydrogen) atoms. The molecular weight excluding hydrogens is 481 g/mol. The summed E-state index contributed by atoms with van der Waals surface area (Å²) >= 11 is 0.978. The third kappa shape index (κ3) is 8.30. The third-order valence-corrected chi connectivity index (χ3v) is 6.25. The number of nitrogens with one attached hydrogen (secondary N) is 1. The lowest BCUT2D eigenvalue weighted by molar-refractivity contribution is -0.119. The van der Waals surface area contributed by atoms with Crippen LogP contribution in [0.25, 0.3) is 0 Å². The summed E-state index contributed by atoms with van der Waals surface area (Å²) < 4.78 is 30.5. The van der Waals surface area contributed by atoms with Crippen LogP contribution in [0.1, 0.15) is 43.9 Å². The Morgan fingerprint density at radius 2 is 1.75 bits per heavy atom. The van der Waals surface area contributed by atoms with Crippen molar-refractivity contribution in [1.29, 1.82) is 0 Å². The molecule has 8 heteroatoms. The molecule has 0 spiro atoms. The molecule has 0 saturated carbocycles. The Labute approximate surface area is 215 Å². The Hall–Kier alpha value is -3.52. The molecule has 1 unspecified atom stereocenters. The molecule has 0 aromatic heterocycles. The summed E-state index contributed by atoms with van der Waals surface area (Å²) in [6.45, 7) is 8.95. The van der Waals surface area contributed by atoms with Gasteiger partial charge in [-0.05, 0) is 84.8 Å². The number of carbonyl (C=O) groups excluding carboxylic acids is 2. The molecule has 1 atom stereocenters. The van der Waals surface area contributed by atoms with Crippen molar-refractivity contribution in [2.45, 2.75) is 38.4 Å². The van der Waals surface area contributed by atoms with Gasteiger partial charge in [-0.1, -0.05) is 32.1 Å². The van der Waals surface area contributed by atoms with Crippen LogP contribution in [0.2, 0.25) is 0 Å². The van der Waals surface area contributed by atoms with Crippen LogP contribution in [0.3, 0.4) is 0 Å². The van der Waals surface area contributed by atoms with Crippen molar-refractivity contribution in [1.82, 2.24) is 5.32 Å². The highest BCUT2D eigenvalue weighted by atomic mass is 32.2. The first-order valence-corrected chi connectivity index (χ1v) is 12.6. The summed E-state index contributed by atoms with van der Waals surface area (Å²) in [5.74, 6) is 1.74. The van der Waals surface area contributed by atoms with Crippen LogP contribution in [-0.2, 0) is 9.53 Å². The van der Waals surface area contributed by atoms with E-state index in [1.54, 1.807) is 42.5 Å². The van der Waals surface area contributed by atoms with E-state index in [-0.39, 0.29) is 17.0 Å². The van der Waals surface area contributed by atoms with Crippen LogP contribution in [0.15, 0.2) is 84.4 Å². The number of amides is 2. The van der Waals surface area contributed by atoms with Gasteiger partial charge in [0.1, 0.15) is 34.1 Å². The van der Waals surface area contributed by atoms with Gasteiger partial charge in [-0.3, -0.25) is 14.9 Å². The number of carbonyl (C=O) groups is 2. The number of imide groups is 1. The fourth-order valence-corrected chi connectivity index (χ4v) is 4.25. The topological polar surface area (TPSA) is 73.9 Å². The Morgan fingerprint density at radius 1 is 1.06 bits per heavy atom. The fraction of sp³-hybridized carbons (Fsp3) is 0.286. The summed E-state index contributed by atoms with van der Waals surface area (Å²) in [5, 5.41) is 1.45. The lowest BCUT2D eigenvalue weighted by Gasteiger charge is -2.12. The van der Waals surface area contributed by atoms with E-state index in [1.807, 2.05) is 13.0 Å². The predicted octanol–water partition coefficient (Wildman–Crippen LogP) is 6.86. The van der Waals surface area contributed by atoms with Gasteiger partial charge >= 0.3 is 0 Å². The van der Waals surface area contributed by atoms with Gasteiger partial charge in [0.25, 0.3) is 5.24 Å². The molecule has 1 N–H and O–H groups in total. The summed E-state index contributed by atoms with van der Waals surface area (Å²) in [6.07, 6.45) is 6.12. The minimum atomic E-state index is -0.512. The lowest BCUT2D eigenvalue weighted by Crippen LogP contribution is -2.20. The average Bonchev–Trinajstić information content (AvgIpc) is 3.20. The molecule has 2 aromatic rings. The van der Waals surface area contributed by atoms with Crippen molar-refractivity contribution in [2.24, 2.45) is 0 Å². The van der Waals surface area contributed by atoms with Crippen molar-refractivity contribution in [3.63, 3.8) is 0 Å². The molecule has 6 nitrogen and oxygen atoms in total. The van der Waals surface area contributed by atoms with E-state index in [1.165, 1.54) is 12.1 Å². The van der Waals surface area contributed by atoms with Gasteiger partial charge in [-0.2, -0.15) is 0 Å². The minimum Gasteiger partial charge on any atom is -0.494 e. The van der Waals surface area contributed by atoms with Gasteiger partial charge in [0.15, 0.2) is 0 Å². The Bertz CT molecular complexity index is 1130. The number of rotatable bonds is 13. The zero-order chi connectivity index (χ0) is 25.9. The van der Waals surface area contributed by atoms with E-state index in [2.05, 4.69) is 18.8 Å². The standard InChI is InChI=1S/C28H30FNO5S/c1-4-6-19(2)25(16-7-20(3)35-24-14-10-22(29)11-15-24)34-18-5-17-33-23-12-8-21(9-13-23)26-27(31)30-28(32)36-26/h7-16,26H,3-6,17-18H2,1-2H3,(H,30,31,32)/b16-7-,25-19-. The molecule has 1 aliphatic heterocycles. The van der Waals surface area contributed by atoms with Crippen molar-refractivity contribution in [3.05, 3.63) is 95.7 Å². The highest BCUT2D eigenvalue weighted by Crippen LogP contribution is 2.34. The second-order valence-corrected chi connectivity index (χ2v) is 9.22. The molecule has 2 aromatic carbocycles. The number of hydrogen-bond acceptors (Lipinski definition) is 6. The highest BCUT2D eigenvalue weighted by Gasteiger charge is 2.32. The smallest absolute Gasteiger partial charge is 0.286 e. The normalized spacial score (nSPS) is 16.0. The number of thioether (sulfide) groups is 1. The van der Waals surface area contributed by atoms with E-state index in [0.717, 1.165) is 41.5 Å². The first-order valence-electron chi connectivity index (χ1n) is 11.7. The molecule has 1 fully saturated rings. The second kappa shape index (κ2) is 13.5. The van der Waals surface area contributed by atoms with Gasteiger partial charge in [0.2, 0.25) is 5.91 Å². The summed E-state index contributed by atoms with van der Waals surface area (Å²) in [5.41, 5.74) is 1.88. The van der Waals surface area contributed by atoms with Gasteiger partial charge in [-0.25, -0.2) is 4.39 Å². The molecule has 1 saturated heterocycles. The third-order valence-electron chi connectivity index (χ3n) is 5.21. The first-order chi connectivity index (χ1) is 17.4. The van der Waals surface area contributed by atoms with Crippen molar-refractivity contribution in [3.8, 4) is 11.5 Å². The summed E-state index contributed by atoms with van der Waals surface area (Å²) in [6, 6.07) is 12.9. The van der Waals surface area contributed by atoms with Gasteiger partial charge < -0.3 is 14.2 Å². The second-order valence-electron chi connectivity index (χ2n) is 8.14. The number of benzene rings is 2. The summed E-state index contributed by atoms with van der Waals surface area (Å²) in [4.78, 5) is 23.2.